The van der Waals surface area contributed by atoms with E-state index in [1.165, 1.54) is 11.1 Å². The van der Waals surface area contributed by atoms with Crippen molar-refractivity contribution >= 4 is 11.7 Å². The summed E-state index contributed by atoms with van der Waals surface area (Å²) in [5, 5.41) is 7.37. The number of rotatable bonds is 3. The number of carbonyl (C=O) groups excluding carboxylic acids is 1. The van der Waals surface area contributed by atoms with Crippen molar-refractivity contribution < 1.29 is 4.79 Å². The maximum atomic E-state index is 12.5. The van der Waals surface area contributed by atoms with E-state index in [1.54, 1.807) is 0 Å². The summed E-state index contributed by atoms with van der Waals surface area (Å²) >= 11 is 0. The second-order valence-electron chi connectivity index (χ2n) is 6.97. The summed E-state index contributed by atoms with van der Waals surface area (Å²) in [5.74, 6) is 0.455. The Balaban J connectivity index is 1.27. The molecule has 2 aliphatic rings. The predicted molar refractivity (Wildman–Crippen MR) is 97.9 cm³/mol. The van der Waals surface area contributed by atoms with Gasteiger partial charge in [0.1, 0.15) is 0 Å². The molecule has 25 heavy (non-hydrogen) atoms. The minimum absolute atomic E-state index is 0.0650. The molecule has 0 radical (unpaired) electrons. The van der Waals surface area contributed by atoms with Crippen LogP contribution in [-0.4, -0.2) is 53.4 Å². The summed E-state index contributed by atoms with van der Waals surface area (Å²) < 4.78 is 1.81. The van der Waals surface area contributed by atoms with Crippen molar-refractivity contribution in [1.82, 2.24) is 20.0 Å². The van der Waals surface area contributed by atoms with Crippen molar-refractivity contribution in [3.63, 3.8) is 0 Å². The van der Waals surface area contributed by atoms with Gasteiger partial charge >= 0.3 is 6.03 Å². The monoisotopic (exact) mass is 339 g/mol. The van der Waals surface area contributed by atoms with Crippen molar-refractivity contribution in [2.45, 2.75) is 18.8 Å². The zero-order valence-corrected chi connectivity index (χ0v) is 14.7. The van der Waals surface area contributed by atoms with Crippen LogP contribution in [0.4, 0.5) is 10.5 Å². The van der Waals surface area contributed by atoms with Gasteiger partial charge in [-0.2, -0.15) is 5.10 Å². The molecule has 2 heterocycles. The molecule has 4 rings (SSSR count). The molecule has 1 aromatic carbocycles. The Morgan fingerprint density at radius 2 is 2.04 bits per heavy atom. The summed E-state index contributed by atoms with van der Waals surface area (Å²) in [5.41, 5.74) is 3.97. The van der Waals surface area contributed by atoms with Crippen molar-refractivity contribution in [2.24, 2.45) is 7.05 Å². The quantitative estimate of drug-likeness (QED) is 0.930. The lowest BCUT2D eigenvalue weighted by molar-refractivity contribution is 0.193. The highest BCUT2D eigenvalue weighted by atomic mass is 16.2. The third-order valence-electron chi connectivity index (χ3n) is 5.38. The third-order valence-corrected chi connectivity index (χ3v) is 5.38. The standard InChI is InChI=1S/C19H25N5O/c1-22-14-17(13-21-22)23-8-10-24(11-9-23)19(25)20-12-16-7-6-15-4-2-3-5-18(15)16/h2-5,13-14,16H,6-12H2,1H3,(H,20,25)/t16-/m1/s1. The molecule has 1 saturated heterocycles. The number of anilines is 1. The smallest absolute Gasteiger partial charge is 0.317 e. The molecule has 0 unspecified atom stereocenters. The molecular formula is C19H25N5O. The van der Waals surface area contributed by atoms with Crippen molar-refractivity contribution in [3.05, 3.63) is 47.8 Å². The summed E-state index contributed by atoms with van der Waals surface area (Å²) in [6, 6.07) is 8.66. The van der Waals surface area contributed by atoms with Gasteiger partial charge in [0.15, 0.2) is 0 Å². The van der Waals surface area contributed by atoms with Gasteiger partial charge in [0.05, 0.1) is 11.9 Å². The fourth-order valence-corrected chi connectivity index (χ4v) is 3.92. The van der Waals surface area contributed by atoms with Crippen molar-refractivity contribution in [3.8, 4) is 0 Å². The lowest BCUT2D eigenvalue weighted by Crippen LogP contribution is -2.52. The topological polar surface area (TPSA) is 53.4 Å². The molecule has 1 aromatic heterocycles. The Bertz CT molecular complexity index is 748. The Morgan fingerprint density at radius 3 is 2.80 bits per heavy atom. The molecule has 0 saturated carbocycles. The Labute approximate surface area is 148 Å². The molecular weight excluding hydrogens is 314 g/mol. The summed E-state index contributed by atoms with van der Waals surface area (Å²) in [7, 11) is 1.92. The average molecular weight is 339 g/mol. The lowest BCUT2D eigenvalue weighted by atomic mass is 10.0. The molecule has 6 heteroatoms. The molecule has 1 N–H and O–H groups in total. The second-order valence-corrected chi connectivity index (χ2v) is 6.97. The summed E-state index contributed by atoms with van der Waals surface area (Å²) in [6.07, 6.45) is 6.16. The number of benzene rings is 1. The van der Waals surface area contributed by atoms with Gasteiger partial charge in [-0.25, -0.2) is 4.79 Å². The first-order chi connectivity index (χ1) is 12.2. The van der Waals surface area contributed by atoms with Crippen LogP contribution >= 0.6 is 0 Å². The number of carbonyl (C=O) groups is 1. The van der Waals surface area contributed by atoms with Crippen LogP contribution in [0.15, 0.2) is 36.7 Å². The Hall–Kier alpha value is -2.50. The number of amides is 2. The van der Waals surface area contributed by atoms with Crippen LogP contribution in [0.25, 0.3) is 0 Å². The minimum atomic E-state index is 0.0650. The van der Waals surface area contributed by atoms with Crippen LogP contribution in [0.5, 0.6) is 0 Å². The van der Waals surface area contributed by atoms with E-state index in [1.807, 2.05) is 29.0 Å². The number of fused-ring (bicyclic) bond motifs is 1. The third kappa shape index (κ3) is 3.34. The molecule has 1 fully saturated rings. The van der Waals surface area contributed by atoms with Crippen LogP contribution in [0.3, 0.4) is 0 Å². The Morgan fingerprint density at radius 1 is 1.24 bits per heavy atom. The van der Waals surface area contributed by atoms with Crippen molar-refractivity contribution in [2.75, 3.05) is 37.6 Å². The van der Waals surface area contributed by atoms with E-state index < -0.39 is 0 Å². The van der Waals surface area contributed by atoms with Gasteiger partial charge < -0.3 is 15.1 Å². The molecule has 0 spiro atoms. The highest BCUT2D eigenvalue weighted by Crippen LogP contribution is 2.32. The number of hydrogen-bond donors (Lipinski definition) is 1. The van der Waals surface area contributed by atoms with Gasteiger partial charge in [0.2, 0.25) is 0 Å². The molecule has 1 aliphatic carbocycles. The fraction of sp³-hybridized carbons (Fsp3) is 0.474. The van der Waals surface area contributed by atoms with E-state index in [-0.39, 0.29) is 6.03 Å². The van der Waals surface area contributed by atoms with Gasteiger partial charge in [0.25, 0.3) is 0 Å². The van der Waals surface area contributed by atoms with E-state index in [0.29, 0.717) is 5.92 Å². The first kappa shape index (κ1) is 16.0. The second kappa shape index (κ2) is 6.78. The predicted octanol–water partition coefficient (Wildman–Crippen LogP) is 1.98. The van der Waals surface area contributed by atoms with E-state index in [2.05, 4.69) is 39.6 Å². The number of piperazine rings is 1. The lowest BCUT2D eigenvalue weighted by Gasteiger charge is -2.35. The molecule has 1 aliphatic heterocycles. The molecule has 0 bridgehead atoms. The average Bonchev–Trinajstić information content (AvgIpc) is 3.26. The first-order valence-electron chi connectivity index (χ1n) is 9.05. The normalized spacial score (nSPS) is 19.8. The fourth-order valence-electron chi connectivity index (χ4n) is 3.92. The highest BCUT2D eigenvalue weighted by molar-refractivity contribution is 5.74. The van der Waals surface area contributed by atoms with E-state index in [4.69, 9.17) is 0 Å². The van der Waals surface area contributed by atoms with E-state index >= 15 is 0 Å². The molecule has 2 aromatic rings. The molecule has 6 nitrogen and oxygen atoms in total. The number of urea groups is 1. The summed E-state index contributed by atoms with van der Waals surface area (Å²) in [6.45, 7) is 3.94. The molecule has 132 valence electrons. The van der Waals surface area contributed by atoms with Gasteiger partial charge in [0, 0.05) is 51.9 Å². The SMILES string of the molecule is Cn1cc(N2CCN(C(=O)NC[C@H]3CCc4ccccc43)CC2)cn1. The van der Waals surface area contributed by atoms with Crippen LogP contribution in [-0.2, 0) is 13.5 Å². The molecule has 1 atom stereocenters. The van der Waals surface area contributed by atoms with E-state index in [0.717, 1.165) is 51.3 Å². The van der Waals surface area contributed by atoms with Gasteiger partial charge in [-0.05, 0) is 24.0 Å². The van der Waals surface area contributed by atoms with Gasteiger partial charge in [-0.15, -0.1) is 0 Å². The Kier molecular flexibility index (Phi) is 4.34. The number of hydrogen-bond acceptors (Lipinski definition) is 3. The molecule has 2 amide bonds. The van der Waals surface area contributed by atoms with Crippen LogP contribution < -0.4 is 10.2 Å². The van der Waals surface area contributed by atoms with Crippen LogP contribution in [0, 0.1) is 0 Å². The number of nitrogens with one attached hydrogen (secondary N) is 1. The summed E-state index contributed by atoms with van der Waals surface area (Å²) in [4.78, 5) is 16.7. The first-order valence-corrected chi connectivity index (χ1v) is 9.05. The van der Waals surface area contributed by atoms with E-state index in [9.17, 15) is 4.79 Å². The van der Waals surface area contributed by atoms with Crippen molar-refractivity contribution in [1.29, 1.82) is 0 Å². The van der Waals surface area contributed by atoms with Crippen LogP contribution in [0.1, 0.15) is 23.5 Å². The number of aryl methyl sites for hydroxylation is 2. The number of aromatic nitrogens is 2. The highest BCUT2D eigenvalue weighted by Gasteiger charge is 2.25. The largest absolute Gasteiger partial charge is 0.365 e. The maximum absolute atomic E-state index is 12.5. The minimum Gasteiger partial charge on any atom is -0.365 e. The number of nitrogens with zero attached hydrogens (tertiary/aromatic N) is 4. The van der Waals surface area contributed by atoms with Gasteiger partial charge in [-0.3, -0.25) is 4.68 Å². The zero-order valence-electron chi connectivity index (χ0n) is 14.7. The maximum Gasteiger partial charge on any atom is 0.317 e. The van der Waals surface area contributed by atoms with Gasteiger partial charge in [-0.1, -0.05) is 24.3 Å². The van der Waals surface area contributed by atoms with Crippen LogP contribution in [0.2, 0.25) is 0 Å². The zero-order chi connectivity index (χ0) is 17.2.